The van der Waals surface area contributed by atoms with Crippen LogP contribution in [0.3, 0.4) is 0 Å². The molecule has 80 valence electrons. The fraction of sp³-hybridized carbons (Fsp3) is 0.400. The Hall–Kier alpha value is -1.20. The number of hydrogen-bond donors (Lipinski definition) is 2. The Morgan fingerprint density at radius 3 is 3.07 bits per heavy atom. The molecule has 1 unspecified atom stereocenters. The van der Waals surface area contributed by atoms with E-state index in [1.54, 1.807) is 11.3 Å². The maximum absolute atomic E-state index is 4.07. The van der Waals surface area contributed by atoms with Crippen LogP contribution < -0.4 is 5.32 Å². The first-order valence-electron chi connectivity index (χ1n) is 4.89. The van der Waals surface area contributed by atoms with Crippen molar-refractivity contribution in [1.82, 2.24) is 20.5 Å². The van der Waals surface area contributed by atoms with Crippen molar-refractivity contribution in [3.05, 3.63) is 34.0 Å². The van der Waals surface area contributed by atoms with Crippen LogP contribution >= 0.6 is 11.3 Å². The topological polar surface area (TPSA) is 53.6 Å². The van der Waals surface area contributed by atoms with Gasteiger partial charge in [0.2, 0.25) is 0 Å². The highest BCUT2D eigenvalue weighted by molar-refractivity contribution is 7.10. The fourth-order valence-corrected chi connectivity index (χ4v) is 2.45. The summed E-state index contributed by atoms with van der Waals surface area (Å²) in [5, 5.41) is 12.2. The lowest BCUT2D eigenvalue weighted by Gasteiger charge is -2.11. The molecule has 2 heterocycles. The Morgan fingerprint density at radius 1 is 1.60 bits per heavy atom. The number of thiophene rings is 1. The first-order valence-corrected chi connectivity index (χ1v) is 5.77. The summed E-state index contributed by atoms with van der Waals surface area (Å²) in [5.41, 5.74) is 1.34. The summed E-state index contributed by atoms with van der Waals surface area (Å²) in [7, 11) is 0. The van der Waals surface area contributed by atoms with Crippen LogP contribution in [-0.2, 0) is 6.54 Å². The highest BCUT2D eigenvalue weighted by Crippen LogP contribution is 2.23. The minimum absolute atomic E-state index is 0.357. The Balaban J connectivity index is 1.93. The van der Waals surface area contributed by atoms with Crippen LogP contribution in [0, 0.1) is 6.92 Å². The molecule has 2 aromatic rings. The van der Waals surface area contributed by atoms with E-state index in [0.717, 1.165) is 12.4 Å². The predicted octanol–water partition coefficient (Wildman–Crippen LogP) is 2.03. The maximum atomic E-state index is 4.07. The standard InChI is InChI=1S/C10H14N4S/c1-7-3-4-15-10(7)8(2)11-5-9-12-6-13-14-9/h3-4,6,8,11H,5H2,1-2H3,(H,12,13,14). The van der Waals surface area contributed by atoms with Crippen LogP contribution in [0.2, 0.25) is 0 Å². The molecule has 0 radical (unpaired) electrons. The molecular formula is C10H14N4S. The number of H-pyrrole nitrogens is 1. The maximum Gasteiger partial charge on any atom is 0.138 e. The van der Waals surface area contributed by atoms with Crippen molar-refractivity contribution in [3.63, 3.8) is 0 Å². The van der Waals surface area contributed by atoms with Crippen molar-refractivity contribution in [3.8, 4) is 0 Å². The second-order valence-electron chi connectivity index (χ2n) is 3.50. The number of aromatic amines is 1. The van der Waals surface area contributed by atoms with E-state index in [1.807, 2.05) is 0 Å². The van der Waals surface area contributed by atoms with E-state index in [2.05, 4.69) is 45.8 Å². The lowest BCUT2D eigenvalue weighted by Crippen LogP contribution is -2.18. The quantitative estimate of drug-likeness (QED) is 0.832. The summed E-state index contributed by atoms with van der Waals surface area (Å²) in [6.45, 7) is 5.02. The molecule has 2 rings (SSSR count). The van der Waals surface area contributed by atoms with Gasteiger partial charge in [0.15, 0.2) is 0 Å². The van der Waals surface area contributed by atoms with Crippen molar-refractivity contribution in [2.75, 3.05) is 0 Å². The van der Waals surface area contributed by atoms with Gasteiger partial charge in [-0.15, -0.1) is 11.3 Å². The van der Waals surface area contributed by atoms with E-state index in [9.17, 15) is 0 Å². The summed E-state index contributed by atoms with van der Waals surface area (Å²) >= 11 is 1.79. The van der Waals surface area contributed by atoms with E-state index >= 15 is 0 Å². The summed E-state index contributed by atoms with van der Waals surface area (Å²) in [5.74, 6) is 0.871. The van der Waals surface area contributed by atoms with Gasteiger partial charge in [0.25, 0.3) is 0 Å². The van der Waals surface area contributed by atoms with Gasteiger partial charge in [-0.2, -0.15) is 5.10 Å². The third-order valence-electron chi connectivity index (χ3n) is 2.34. The fourth-order valence-electron chi connectivity index (χ4n) is 1.49. The molecule has 2 aromatic heterocycles. The van der Waals surface area contributed by atoms with Crippen LogP contribution in [0.25, 0.3) is 0 Å². The molecule has 0 saturated carbocycles. The summed E-state index contributed by atoms with van der Waals surface area (Å²) in [6.07, 6.45) is 1.53. The molecule has 15 heavy (non-hydrogen) atoms. The normalized spacial score (nSPS) is 12.9. The zero-order chi connectivity index (χ0) is 10.7. The molecule has 0 aromatic carbocycles. The van der Waals surface area contributed by atoms with Gasteiger partial charge in [0.1, 0.15) is 12.2 Å². The third-order valence-corrected chi connectivity index (χ3v) is 3.54. The lowest BCUT2D eigenvalue weighted by atomic mass is 10.2. The zero-order valence-electron chi connectivity index (χ0n) is 8.82. The molecule has 0 bridgehead atoms. The van der Waals surface area contributed by atoms with E-state index in [-0.39, 0.29) is 0 Å². The number of aryl methyl sites for hydroxylation is 1. The van der Waals surface area contributed by atoms with Gasteiger partial charge in [0, 0.05) is 10.9 Å². The molecule has 0 saturated heterocycles. The highest BCUT2D eigenvalue weighted by Gasteiger charge is 2.09. The second kappa shape index (κ2) is 4.55. The van der Waals surface area contributed by atoms with Gasteiger partial charge in [-0.05, 0) is 30.9 Å². The molecule has 0 aliphatic rings. The minimum atomic E-state index is 0.357. The Kier molecular flexibility index (Phi) is 3.13. The van der Waals surface area contributed by atoms with Crippen LogP contribution in [-0.4, -0.2) is 15.2 Å². The molecular weight excluding hydrogens is 208 g/mol. The Bertz CT molecular complexity index is 407. The highest BCUT2D eigenvalue weighted by atomic mass is 32.1. The average Bonchev–Trinajstić information content (AvgIpc) is 2.84. The first kappa shape index (κ1) is 10.3. The molecule has 0 spiro atoms. The Morgan fingerprint density at radius 2 is 2.47 bits per heavy atom. The van der Waals surface area contributed by atoms with Gasteiger partial charge in [0.05, 0.1) is 6.54 Å². The number of aromatic nitrogens is 3. The zero-order valence-corrected chi connectivity index (χ0v) is 9.64. The molecule has 0 fully saturated rings. The predicted molar refractivity (Wildman–Crippen MR) is 60.7 cm³/mol. The summed E-state index contributed by atoms with van der Waals surface area (Å²) in [4.78, 5) is 5.45. The summed E-state index contributed by atoms with van der Waals surface area (Å²) in [6, 6.07) is 2.50. The van der Waals surface area contributed by atoms with E-state index in [1.165, 1.54) is 16.8 Å². The van der Waals surface area contributed by atoms with Gasteiger partial charge >= 0.3 is 0 Å². The molecule has 1 atom stereocenters. The monoisotopic (exact) mass is 222 g/mol. The van der Waals surface area contributed by atoms with E-state index < -0.39 is 0 Å². The molecule has 0 aliphatic heterocycles. The molecule has 2 N–H and O–H groups in total. The van der Waals surface area contributed by atoms with Crippen LogP contribution in [0.5, 0.6) is 0 Å². The molecule has 4 nitrogen and oxygen atoms in total. The van der Waals surface area contributed by atoms with Gasteiger partial charge in [-0.25, -0.2) is 4.98 Å². The molecule has 0 amide bonds. The number of hydrogen-bond acceptors (Lipinski definition) is 4. The van der Waals surface area contributed by atoms with Gasteiger partial charge in [-0.1, -0.05) is 0 Å². The first-order chi connectivity index (χ1) is 7.27. The number of rotatable bonds is 4. The SMILES string of the molecule is Cc1ccsc1C(C)NCc1ncn[nH]1. The second-order valence-corrected chi connectivity index (χ2v) is 4.45. The number of nitrogens with zero attached hydrogens (tertiary/aromatic N) is 2. The lowest BCUT2D eigenvalue weighted by molar-refractivity contribution is 0.566. The van der Waals surface area contributed by atoms with Crippen LogP contribution in [0.4, 0.5) is 0 Å². The smallest absolute Gasteiger partial charge is 0.138 e. The summed E-state index contributed by atoms with van der Waals surface area (Å²) < 4.78 is 0. The minimum Gasteiger partial charge on any atom is -0.302 e. The van der Waals surface area contributed by atoms with E-state index in [0.29, 0.717) is 6.04 Å². The largest absolute Gasteiger partial charge is 0.302 e. The van der Waals surface area contributed by atoms with Crippen molar-refractivity contribution >= 4 is 11.3 Å². The van der Waals surface area contributed by atoms with E-state index in [4.69, 9.17) is 0 Å². The van der Waals surface area contributed by atoms with Crippen molar-refractivity contribution in [2.45, 2.75) is 26.4 Å². The molecule has 5 heteroatoms. The van der Waals surface area contributed by atoms with Crippen molar-refractivity contribution < 1.29 is 0 Å². The van der Waals surface area contributed by atoms with Crippen LogP contribution in [0.1, 0.15) is 29.2 Å². The van der Waals surface area contributed by atoms with Crippen molar-refractivity contribution in [1.29, 1.82) is 0 Å². The van der Waals surface area contributed by atoms with Crippen LogP contribution in [0.15, 0.2) is 17.8 Å². The number of nitrogens with one attached hydrogen (secondary N) is 2. The Labute approximate surface area is 92.8 Å². The van der Waals surface area contributed by atoms with Gasteiger partial charge in [-0.3, -0.25) is 5.10 Å². The molecule has 0 aliphatic carbocycles. The van der Waals surface area contributed by atoms with Gasteiger partial charge < -0.3 is 5.32 Å². The van der Waals surface area contributed by atoms with Crippen molar-refractivity contribution in [2.24, 2.45) is 0 Å². The third kappa shape index (κ3) is 2.43. The average molecular weight is 222 g/mol.